The molecule has 1 saturated heterocycles. The van der Waals surface area contributed by atoms with Gasteiger partial charge in [-0.25, -0.2) is 4.79 Å². The van der Waals surface area contributed by atoms with Crippen molar-refractivity contribution in [2.75, 3.05) is 26.2 Å². The van der Waals surface area contributed by atoms with E-state index < -0.39 is 5.63 Å². The number of hydrogen-bond acceptors (Lipinski definition) is 4. The third-order valence-electron chi connectivity index (χ3n) is 3.75. The Labute approximate surface area is 130 Å². The Kier molecular flexibility index (Phi) is 3.82. The van der Waals surface area contributed by atoms with Crippen LogP contribution in [0, 0.1) is 6.92 Å². The lowest BCUT2D eigenvalue weighted by Crippen LogP contribution is -2.47. The number of hydrogen-bond donors (Lipinski definition) is 1. The monoisotopic (exact) mass is 350 g/mol. The van der Waals surface area contributed by atoms with Crippen molar-refractivity contribution < 1.29 is 9.21 Å². The molecule has 5 nitrogen and oxygen atoms in total. The molecule has 21 heavy (non-hydrogen) atoms. The van der Waals surface area contributed by atoms with E-state index in [4.69, 9.17) is 4.42 Å². The van der Waals surface area contributed by atoms with E-state index in [0.29, 0.717) is 24.2 Å². The molecule has 1 fully saturated rings. The second-order valence-electron chi connectivity index (χ2n) is 5.07. The largest absolute Gasteiger partial charge is 0.422 e. The molecule has 1 N–H and O–H groups in total. The molecule has 0 aliphatic carbocycles. The number of benzene rings is 1. The number of carbonyl (C=O) groups is 1. The predicted octanol–water partition coefficient (Wildman–Crippen LogP) is 1.91. The Morgan fingerprint density at radius 1 is 1.33 bits per heavy atom. The molecule has 110 valence electrons. The molecule has 1 amide bonds. The van der Waals surface area contributed by atoms with Crippen LogP contribution in [-0.4, -0.2) is 37.0 Å². The van der Waals surface area contributed by atoms with E-state index in [9.17, 15) is 9.59 Å². The minimum absolute atomic E-state index is 0.141. The number of fused-ring (bicyclic) bond motifs is 1. The number of rotatable bonds is 1. The molecule has 1 aromatic carbocycles. The van der Waals surface area contributed by atoms with Gasteiger partial charge in [0.15, 0.2) is 0 Å². The van der Waals surface area contributed by atoms with Gasteiger partial charge in [-0.2, -0.15) is 0 Å². The lowest BCUT2D eigenvalue weighted by atomic mass is 10.0. The maximum absolute atomic E-state index is 12.6. The van der Waals surface area contributed by atoms with Gasteiger partial charge in [-0.3, -0.25) is 4.79 Å². The van der Waals surface area contributed by atoms with Gasteiger partial charge in [0, 0.05) is 36.0 Å². The number of halogens is 1. The van der Waals surface area contributed by atoms with Crippen LogP contribution in [0.4, 0.5) is 0 Å². The van der Waals surface area contributed by atoms with Crippen LogP contribution in [0.25, 0.3) is 11.0 Å². The first-order valence-corrected chi connectivity index (χ1v) is 7.60. The van der Waals surface area contributed by atoms with E-state index >= 15 is 0 Å². The summed E-state index contributed by atoms with van der Waals surface area (Å²) < 4.78 is 6.18. The van der Waals surface area contributed by atoms with Crippen LogP contribution in [-0.2, 0) is 0 Å². The highest BCUT2D eigenvalue weighted by Crippen LogP contribution is 2.24. The second-order valence-corrected chi connectivity index (χ2v) is 5.99. The SMILES string of the molecule is Cc1c(C(=O)N2CCNCC2)c(=O)oc2ccc(Br)cc12. The van der Waals surface area contributed by atoms with Gasteiger partial charge in [-0.05, 0) is 30.7 Å². The van der Waals surface area contributed by atoms with Gasteiger partial charge in [-0.15, -0.1) is 0 Å². The van der Waals surface area contributed by atoms with E-state index in [1.807, 2.05) is 12.1 Å². The minimum atomic E-state index is -0.564. The average Bonchev–Trinajstić information content (AvgIpc) is 2.49. The maximum atomic E-state index is 12.6. The third kappa shape index (κ3) is 2.61. The van der Waals surface area contributed by atoms with E-state index in [2.05, 4.69) is 21.2 Å². The molecule has 3 rings (SSSR count). The zero-order valence-electron chi connectivity index (χ0n) is 11.6. The fourth-order valence-corrected chi connectivity index (χ4v) is 2.96. The van der Waals surface area contributed by atoms with E-state index in [0.717, 1.165) is 22.9 Å². The van der Waals surface area contributed by atoms with Gasteiger partial charge in [0.1, 0.15) is 11.1 Å². The Morgan fingerprint density at radius 3 is 2.76 bits per heavy atom. The molecule has 0 spiro atoms. The Bertz CT molecular complexity index is 763. The normalized spacial score (nSPS) is 15.4. The first kappa shape index (κ1) is 14.3. The molecular formula is C15H15BrN2O3. The zero-order valence-corrected chi connectivity index (χ0v) is 13.2. The molecule has 0 unspecified atom stereocenters. The van der Waals surface area contributed by atoms with Crippen molar-refractivity contribution in [3.05, 3.63) is 44.2 Å². The Morgan fingerprint density at radius 2 is 2.05 bits per heavy atom. The highest BCUT2D eigenvalue weighted by Gasteiger charge is 2.24. The summed E-state index contributed by atoms with van der Waals surface area (Å²) in [4.78, 5) is 26.5. The summed E-state index contributed by atoms with van der Waals surface area (Å²) in [7, 11) is 0. The fraction of sp³-hybridized carbons (Fsp3) is 0.333. The van der Waals surface area contributed by atoms with Gasteiger partial charge in [0.05, 0.1) is 0 Å². The standard InChI is InChI=1S/C15H15BrN2O3/c1-9-11-8-10(16)2-3-12(11)21-15(20)13(9)14(19)18-6-4-17-5-7-18/h2-3,8,17H,4-7H2,1H3. The summed E-state index contributed by atoms with van der Waals surface area (Å²) in [5.74, 6) is -0.246. The topological polar surface area (TPSA) is 62.6 Å². The molecule has 0 saturated carbocycles. The van der Waals surface area contributed by atoms with Crippen LogP contribution in [0.2, 0.25) is 0 Å². The minimum Gasteiger partial charge on any atom is -0.422 e. The van der Waals surface area contributed by atoms with Crippen LogP contribution in [0.5, 0.6) is 0 Å². The van der Waals surface area contributed by atoms with Gasteiger partial charge in [-0.1, -0.05) is 15.9 Å². The van der Waals surface area contributed by atoms with Crippen molar-refractivity contribution in [1.82, 2.24) is 10.2 Å². The van der Waals surface area contributed by atoms with Gasteiger partial charge < -0.3 is 14.6 Å². The summed E-state index contributed by atoms with van der Waals surface area (Å²) >= 11 is 3.40. The van der Waals surface area contributed by atoms with Crippen molar-refractivity contribution >= 4 is 32.8 Å². The summed E-state index contributed by atoms with van der Waals surface area (Å²) in [5.41, 5.74) is 0.747. The van der Waals surface area contributed by atoms with Crippen molar-refractivity contribution in [2.45, 2.75) is 6.92 Å². The van der Waals surface area contributed by atoms with Crippen molar-refractivity contribution in [3.63, 3.8) is 0 Å². The lowest BCUT2D eigenvalue weighted by Gasteiger charge is -2.27. The lowest BCUT2D eigenvalue weighted by molar-refractivity contribution is 0.0731. The van der Waals surface area contributed by atoms with Gasteiger partial charge >= 0.3 is 5.63 Å². The molecule has 2 aromatic rings. The van der Waals surface area contributed by atoms with Gasteiger partial charge in [0.25, 0.3) is 5.91 Å². The number of nitrogens with zero attached hydrogens (tertiary/aromatic N) is 1. The number of piperazine rings is 1. The third-order valence-corrected chi connectivity index (χ3v) is 4.24. The number of aryl methyl sites for hydroxylation is 1. The van der Waals surface area contributed by atoms with Crippen LogP contribution < -0.4 is 10.9 Å². The molecule has 0 bridgehead atoms. The van der Waals surface area contributed by atoms with Crippen LogP contribution in [0.3, 0.4) is 0 Å². The van der Waals surface area contributed by atoms with E-state index in [-0.39, 0.29) is 11.5 Å². The smallest absolute Gasteiger partial charge is 0.349 e. The Hall–Kier alpha value is -1.66. The number of carbonyl (C=O) groups excluding carboxylic acids is 1. The molecule has 6 heteroatoms. The van der Waals surface area contributed by atoms with Crippen molar-refractivity contribution in [3.8, 4) is 0 Å². The van der Waals surface area contributed by atoms with Crippen molar-refractivity contribution in [1.29, 1.82) is 0 Å². The zero-order chi connectivity index (χ0) is 15.0. The van der Waals surface area contributed by atoms with Gasteiger partial charge in [0.2, 0.25) is 0 Å². The second kappa shape index (κ2) is 5.61. The molecule has 0 atom stereocenters. The highest BCUT2D eigenvalue weighted by molar-refractivity contribution is 9.10. The average molecular weight is 351 g/mol. The van der Waals surface area contributed by atoms with Crippen LogP contribution >= 0.6 is 15.9 Å². The maximum Gasteiger partial charge on any atom is 0.349 e. The summed E-state index contributed by atoms with van der Waals surface area (Å²) in [6.45, 7) is 4.49. The first-order chi connectivity index (χ1) is 10.1. The molecule has 0 radical (unpaired) electrons. The fourth-order valence-electron chi connectivity index (χ4n) is 2.60. The molecule has 1 aliphatic rings. The molecule has 1 aliphatic heterocycles. The molecule has 1 aromatic heterocycles. The summed E-state index contributed by atoms with van der Waals surface area (Å²) in [6.07, 6.45) is 0. The summed E-state index contributed by atoms with van der Waals surface area (Å²) in [6, 6.07) is 5.40. The number of amides is 1. The predicted molar refractivity (Wildman–Crippen MR) is 83.7 cm³/mol. The highest BCUT2D eigenvalue weighted by atomic mass is 79.9. The first-order valence-electron chi connectivity index (χ1n) is 6.81. The van der Waals surface area contributed by atoms with E-state index in [1.165, 1.54) is 0 Å². The molecular weight excluding hydrogens is 336 g/mol. The molecule has 2 heterocycles. The Balaban J connectivity index is 2.13. The van der Waals surface area contributed by atoms with Crippen molar-refractivity contribution in [2.24, 2.45) is 0 Å². The van der Waals surface area contributed by atoms with Crippen LogP contribution in [0.15, 0.2) is 31.9 Å². The number of nitrogens with one attached hydrogen (secondary N) is 1. The van der Waals surface area contributed by atoms with E-state index in [1.54, 1.807) is 17.9 Å². The van der Waals surface area contributed by atoms with Crippen LogP contribution in [0.1, 0.15) is 15.9 Å². The summed E-state index contributed by atoms with van der Waals surface area (Å²) in [5, 5.41) is 3.97. The quantitative estimate of drug-likeness (QED) is 0.798.